The molecule has 0 spiro atoms. The predicted octanol–water partition coefficient (Wildman–Crippen LogP) is 3.11. The van der Waals surface area contributed by atoms with Gasteiger partial charge in [-0.25, -0.2) is 0 Å². The topological polar surface area (TPSA) is 75.4 Å². The zero-order chi connectivity index (χ0) is 14.3. The second-order valence-electron chi connectivity index (χ2n) is 4.78. The van der Waals surface area contributed by atoms with Gasteiger partial charge in [0.2, 0.25) is 0 Å². The van der Waals surface area contributed by atoms with Gasteiger partial charge >= 0.3 is 0 Å². The molecular weight excluding hydrogens is 244 g/mol. The van der Waals surface area contributed by atoms with Crippen molar-refractivity contribution in [1.82, 2.24) is 0 Å². The van der Waals surface area contributed by atoms with Gasteiger partial charge in [-0.1, -0.05) is 25.5 Å². The molecule has 0 bridgehead atoms. The number of nitrogens with zero attached hydrogens (tertiary/aromatic N) is 1. The van der Waals surface area contributed by atoms with Gasteiger partial charge in [0.15, 0.2) is 0 Å². The lowest BCUT2D eigenvalue weighted by atomic mass is 10.00. The molecule has 0 radical (unpaired) electrons. The zero-order valence-electron chi connectivity index (χ0n) is 11.6. The number of nitrogens with one attached hydrogen (secondary N) is 1. The Morgan fingerprint density at radius 2 is 2.16 bits per heavy atom. The molecule has 0 heterocycles. The molecule has 5 nitrogen and oxygen atoms in total. The quantitative estimate of drug-likeness (QED) is 0.560. The van der Waals surface area contributed by atoms with Crippen molar-refractivity contribution in [3.05, 3.63) is 33.9 Å². The van der Waals surface area contributed by atoms with Crippen LogP contribution in [0.1, 0.15) is 31.7 Å². The third kappa shape index (κ3) is 4.52. The number of hydrogen-bond acceptors (Lipinski definition) is 4. The first-order valence-electron chi connectivity index (χ1n) is 6.68. The highest BCUT2D eigenvalue weighted by molar-refractivity contribution is 5.64. The smallest absolute Gasteiger partial charge is 0.295 e. The fraction of sp³-hybridized carbons (Fsp3) is 0.571. The summed E-state index contributed by atoms with van der Waals surface area (Å²) in [4.78, 5) is 10.7. The van der Waals surface area contributed by atoms with Crippen molar-refractivity contribution >= 4 is 11.4 Å². The number of anilines is 1. The first kappa shape index (κ1) is 15.4. The van der Waals surface area contributed by atoms with Crippen LogP contribution < -0.4 is 5.32 Å². The number of benzene rings is 1. The Morgan fingerprint density at radius 1 is 1.42 bits per heavy atom. The molecular formula is C14H22N2O3. The second-order valence-corrected chi connectivity index (χ2v) is 4.78. The van der Waals surface area contributed by atoms with Crippen LogP contribution in [0, 0.1) is 23.0 Å². The Bertz CT molecular complexity index is 415. The van der Waals surface area contributed by atoms with Crippen LogP contribution in [0.5, 0.6) is 0 Å². The van der Waals surface area contributed by atoms with E-state index in [2.05, 4.69) is 12.2 Å². The summed E-state index contributed by atoms with van der Waals surface area (Å²) in [5.41, 5.74) is 1.36. The number of nitro groups is 1. The van der Waals surface area contributed by atoms with E-state index in [0.29, 0.717) is 23.7 Å². The van der Waals surface area contributed by atoms with Gasteiger partial charge in [0.25, 0.3) is 5.69 Å². The molecule has 0 saturated carbocycles. The normalized spacial score (nSPS) is 12.2. The fourth-order valence-electron chi connectivity index (χ4n) is 2.24. The lowest BCUT2D eigenvalue weighted by Crippen LogP contribution is -2.16. The van der Waals surface area contributed by atoms with Gasteiger partial charge in [-0.3, -0.25) is 10.1 Å². The number of aliphatic hydroxyl groups is 1. The maximum atomic E-state index is 11.1. The molecule has 1 unspecified atom stereocenters. The average Bonchev–Trinajstić information content (AvgIpc) is 2.36. The van der Waals surface area contributed by atoms with Crippen LogP contribution in [-0.2, 0) is 0 Å². The molecule has 0 saturated heterocycles. The maximum Gasteiger partial charge on any atom is 0.295 e. The highest BCUT2D eigenvalue weighted by atomic mass is 16.6. The van der Waals surface area contributed by atoms with Crippen LogP contribution in [-0.4, -0.2) is 23.2 Å². The predicted molar refractivity (Wildman–Crippen MR) is 76.4 cm³/mol. The molecule has 2 N–H and O–H groups in total. The highest BCUT2D eigenvalue weighted by Gasteiger charge is 2.17. The number of nitro benzene ring substituents is 1. The van der Waals surface area contributed by atoms with Crippen LogP contribution in [0.3, 0.4) is 0 Å². The summed E-state index contributed by atoms with van der Waals surface area (Å²) < 4.78 is 0. The first-order chi connectivity index (χ1) is 9.10. The lowest BCUT2D eigenvalue weighted by molar-refractivity contribution is -0.384. The molecule has 0 aliphatic heterocycles. The number of aryl methyl sites for hydroxylation is 1. The van der Waals surface area contributed by atoms with Gasteiger partial charge in [0, 0.05) is 18.7 Å². The molecule has 0 aromatic heterocycles. The maximum absolute atomic E-state index is 11.1. The van der Waals surface area contributed by atoms with Crippen LogP contribution in [0.25, 0.3) is 0 Å². The van der Waals surface area contributed by atoms with Crippen molar-refractivity contribution in [3.8, 4) is 0 Å². The summed E-state index contributed by atoms with van der Waals surface area (Å²) in [6.45, 7) is 4.64. The summed E-state index contributed by atoms with van der Waals surface area (Å²) in [5.74, 6) is 0.343. The Kier molecular flexibility index (Phi) is 6.29. The standard InChI is InChI=1S/C14H22N2O3/c1-3-5-12(8-9-17)10-15-13-7-4-6-11(2)14(13)16(18)19/h4,6-7,12,15,17H,3,5,8-10H2,1-2H3. The van der Waals surface area contributed by atoms with Crippen molar-refractivity contribution < 1.29 is 10.0 Å². The van der Waals surface area contributed by atoms with E-state index >= 15 is 0 Å². The van der Waals surface area contributed by atoms with Gasteiger partial charge in [0.05, 0.1) is 4.92 Å². The van der Waals surface area contributed by atoms with Gasteiger partial charge in [-0.05, 0) is 31.7 Å². The fourth-order valence-corrected chi connectivity index (χ4v) is 2.24. The minimum atomic E-state index is -0.349. The monoisotopic (exact) mass is 266 g/mol. The Labute approximate surface area is 113 Å². The third-order valence-electron chi connectivity index (χ3n) is 3.24. The number of para-hydroxylation sites is 1. The summed E-state index contributed by atoms with van der Waals surface area (Å²) in [5, 5.41) is 23.2. The molecule has 1 aromatic carbocycles. The largest absolute Gasteiger partial charge is 0.396 e. The Balaban J connectivity index is 2.76. The van der Waals surface area contributed by atoms with E-state index < -0.39 is 0 Å². The van der Waals surface area contributed by atoms with E-state index in [4.69, 9.17) is 5.11 Å². The molecule has 0 amide bonds. The average molecular weight is 266 g/mol. The first-order valence-corrected chi connectivity index (χ1v) is 6.68. The van der Waals surface area contributed by atoms with Gasteiger partial charge < -0.3 is 10.4 Å². The number of aliphatic hydroxyl groups excluding tert-OH is 1. The van der Waals surface area contributed by atoms with Crippen molar-refractivity contribution in [3.63, 3.8) is 0 Å². The molecule has 0 aliphatic rings. The molecule has 5 heteroatoms. The summed E-state index contributed by atoms with van der Waals surface area (Å²) >= 11 is 0. The molecule has 1 atom stereocenters. The van der Waals surface area contributed by atoms with E-state index in [0.717, 1.165) is 19.3 Å². The van der Waals surface area contributed by atoms with Crippen LogP contribution in [0.15, 0.2) is 18.2 Å². The van der Waals surface area contributed by atoms with E-state index in [1.165, 1.54) is 0 Å². The molecule has 106 valence electrons. The Morgan fingerprint density at radius 3 is 2.74 bits per heavy atom. The second kappa shape index (κ2) is 7.74. The lowest BCUT2D eigenvalue weighted by Gasteiger charge is -2.16. The minimum absolute atomic E-state index is 0.141. The molecule has 0 aliphatic carbocycles. The minimum Gasteiger partial charge on any atom is -0.396 e. The summed E-state index contributed by atoms with van der Waals surface area (Å²) in [7, 11) is 0. The van der Waals surface area contributed by atoms with E-state index in [1.807, 2.05) is 6.07 Å². The van der Waals surface area contributed by atoms with Gasteiger partial charge in [-0.15, -0.1) is 0 Å². The number of hydrogen-bond donors (Lipinski definition) is 2. The van der Waals surface area contributed by atoms with Crippen molar-refractivity contribution in [2.24, 2.45) is 5.92 Å². The van der Waals surface area contributed by atoms with Crippen LogP contribution >= 0.6 is 0 Å². The molecule has 1 aromatic rings. The van der Waals surface area contributed by atoms with Crippen LogP contribution in [0.2, 0.25) is 0 Å². The third-order valence-corrected chi connectivity index (χ3v) is 3.24. The van der Waals surface area contributed by atoms with E-state index in [1.54, 1.807) is 19.1 Å². The van der Waals surface area contributed by atoms with Gasteiger partial charge in [0.1, 0.15) is 5.69 Å². The van der Waals surface area contributed by atoms with E-state index in [9.17, 15) is 10.1 Å². The van der Waals surface area contributed by atoms with E-state index in [-0.39, 0.29) is 17.2 Å². The van der Waals surface area contributed by atoms with Crippen molar-refractivity contribution in [2.45, 2.75) is 33.1 Å². The summed E-state index contributed by atoms with van der Waals surface area (Å²) in [6, 6.07) is 5.28. The zero-order valence-corrected chi connectivity index (χ0v) is 11.6. The summed E-state index contributed by atoms with van der Waals surface area (Å²) in [6.07, 6.45) is 2.77. The van der Waals surface area contributed by atoms with Crippen molar-refractivity contribution in [1.29, 1.82) is 0 Å². The highest BCUT2D eigenvalue weighted by Crippen LogP contribution is 2.28. The van der Waals surface area contributed by atoms with Gasteiger partial charge in [-0.2, -0.15) is 0 Å². The molecule has 19 heavy (non-hydrogen) atoms. The SMILES string of the molecule is CCCC(CCO)CNc1cccc(C)c1[N+](=O)[O-]. The van der Waals surface area contributed by atoms with Crippen molar-refractivity contribution in [2.75, 3.05) is 18.5 Å². The molecule has 0 fully saturated rings. The Hall–Kier alpha value is -1.62. The molecule has 1 rings (SSSR count). The number of rotatable bonds is 8. The van der Waals surface area contributed by atoms with Crippen LogP contribution in [0.4, 0.5) is 11.4 Å².